The van der Waals surface area contributed by atoms with Gasteiger partial charge in [0.15, 0.2) is 5.78 Å². The van der Waals surface area contributed by atoms with E-state index in [1.807, 2.05) is 22.6 Å². The first-order valence-electron chi connectivity index (χ1n) is 3.98. The lowest BCUT2D eigenvalue weighted by Crippen LogP contribution is -2.05. The predicted molar refractivity (Wildman–Crippen MR) is 60.9 cm³/mol. The second-order valence-electron chi connectivity index (χ2n) is 2.96. The standard InChI is InChI=1S/C10H9IO3/c1-5-7(10(13)14)3-4-8(6(2)12)9(5)11/h3-4H,1-2H3,(H,13,14). The van der Waals surface area contributed by atoms with Crippen LogP contribution in [0.1, 0.15) is 33.2 Å². The Bertz CT molecular complexity index is 371. The molecule has 0 fully saturated rings. The van der Waals surface area contributed by atoms with Crippen molar-refractivity contribution in [2.45, 2.75) is 13.8 Å². The predicted octanol–water partition coefficient (Wildman–Crippen LogP) is 2.50. The molecule has 1 aromatic carbocycles. The van der Waals surface area contributed by atoms with Crippen molar-refractivity contribution in [1.29, 1.82) is 0 Å². The van der Waals surface area contributed by atoms with Gasteiger partial charge in [0.25, 0.3) is 0 Å². The number of Topliss-reactive ketones (excluding diaryl/α,β-unsaturated/α-hetero) is 1. The normalized spacial score (nSPS) is 9.93. The van der Waals surface area contributed by atoms with Crippen LogP contribution >= 0.6 is 22.6 Å². The highest BCUT2D eigenvalue weighted by molar-refractivity contribution is 14.1. The van der Waals surface area contributed by atoms with Crippen LogP contribution in [0, 0.1) is 10.5 Å². The van der Waals surface area contributed by atoms with Gasteiger partial charge in [0.2, 0.25) is 0 Å². The molecular weight excluding hydrogens is 295 g/mol. The summed E-state index contributed by atoms with van der Waals surface area (Å²) in [4.78, 5) is 21.9. The van der Waals surface area contributed by atoms with Crippen LogP contribution in [-0.4, -0.2) is 16.9 Å². The number of rotatable bonds is 2. The third-order valence-electron chi connectivity index (χ3n) is 2.00. The molecule has 1 rings (SSSR count). The van der Waals surface area contributed by atoms with E-state index >= 15 is 0 Å². The van der Waals surface area contributed by atoms with Gasteiger partial charge in [-0.25, -0.2) is 4.79 Å². The number of halogens is 1. The number of carbonyl (C=O) groups is 2. The minimum Gasteiger partial charge on any atom is -0.478 e. The Labute approximate surface area is 95.3 Å². The highest BCUT2D eigenvalue weighted by atomic mass is 127. The quantitative estimate of drug-likeness (QED) is 0.674. The SMILES string of the molecule is CC(=O)c1ccc(C(=O)O)c(C)c1I. The van der Waals surface area contributed by atoms with Crippen LogP contribution in [0.15, 0.2) is 12.1 Å². The Morgan fingerprint density at radius 1 is 1.29 bits per heavy atom. The summed E-state index contributed by atoms with van der Waals surface area (Å²) in [6.07, 6.45) is 0. The molecule has 0 amide bonds. The van der Waals surface area contributed by atoms with E-state index in [0.717, 1.165) is 3.57 Å². The Kier molecular flexibility index (Phi) is 3.25. The van der Waals surface area contributed by atoms with Crippen LogP contribution in [0.25, 0.3) is 0 Å². The van der Waals surface area contributed by atoms with Crippen LogP contribution in [-0.2, 0) is 0 Å². The zero-order valence-electron chi connectivity index (χ0n) is 7.80. The lowest BCUT2D eigenvalue weighted by atomic mass is 10.0. The highest BCUT2D eigenvalue weighted by Gasteiger charge is 2.14. The number of hydrogen-bond donors (Lipinski definition) is 1. The first kappa shape index (κ1) is 11.2. The topological polar surface area (TPSA) is 54.4 Å². The molecule has 74 valence electrons. The monoisotopic (exact) mass is 304 g/mol. The van der Waals surface area contributed by atoms with E-state index in [2.05, 4.69) is 0 Å². The Balaban J connectivity index is 3.41. The maximum Gasteiger partial charge on any atom is 0.335 e. The number of ketones is 1. The Morgan fingerprint density at radius 2 is 1.79 bits per heavy atom. The van der Waals surface area contributed by atoms with Gasteiger partial charge in [-0.05, 0) is 54.1 Å². The van der Waals surface area contributed by atoms with Crippen LogP contribution in [0.3, 0.4) is 0 Å². The lowest BCUT2D eigenvalue weighted by Gasteiger charge is -2.06. The van der Waals surface area contributed by atoms with Gasteiger partial charge in [-0.15, -0.1) is 0 Å². The molecule has 0 aliphatic carbocycles. The molecule has 0 atom stereocenters. The molecular formula is C10H9IO3. The van der Waals surface area contributed by atoms with Gasteiger partial charge in [-0.3, -0.25) is 4.79 Å². The zero-order chi connectivity index (χ0) is 10.9. The molecule has 0 saturated carbocycles. The van der Waals surface area contributed by atoms with Gasteiger partial charge in [0.05, 0.1) is 5.56 Å². The van der Waals surface area contributed by atoms with Crippen LogP contribution in [0.2, 0.25) is 0 Å². The van der Waals surface area contributed by atoms with E-state index in [4.69, 9.17) is 5.11 Å². The van der Waals surface area contributed by atoms with Crippen molar-refractivity contribution in [1.82, 2.24) is 0 Å². The molecule has 1 N–H and O–H groups in total. The number of benzene rings is 1. The first-order valence-corrected chi connectivity index (χ1v) is 5.06. The van der Waals surface area contributed by atoms with Gasteiger partial charge in [0, 0.05) is 9.13 Å². The fourth-order valence-corrected chi connectivity index (χ4v) is 2.04. The molecule has 0 radical (unpaired) electrons. The summed E-state index contributed by atoms with van der Waals surface area (Å²) in [6, 6.07) is 3.02. The molecule has 4 heteroatoms. The molecule has 0 aromatic heterocycles. The molecule has 0 aliphatic rings. The number of carbonyl (C=O) groups excluding carboxylic acids is 1. The molecule has 0 unspecified atom stereocenters. The summed E-state index contributed by atoms with van der Waals surface area (Å²) in [5, 5.41) is 8.83. The van der Waals surface area contributed by atoms with Crippen molar-refractivity contribution >= 4 is 34.3 Å². The highest BCUT2D eigenvalue weighted by Crippen LogP contribution is 2.21. The van der Waals surface area contributed by atoms with E-state index < -0.39 is 5.97 Å². The van der Waals surface area contributed by atoms with Crippen molar-refractivity contribution < 1.29 is 14.7 Å². The number of carboxylic acids is 1. The molecule has 0 spiro atoms. The van der Waals surface area contributed by atoms with E-state index in [0.29, 0.717) is 11.1 Å². The van der Waals surface area contributed by atoms with E-state index in [9.17, 15) is 9.59 Å². The maximum absolute atomic E-state index is 11.1. The summed E-state index contributed by atoms with van der Waals surface area (Å²) in [5.41, 5.74) is 1.47. The Hall–Kier alpha value is -0.910. The third-order valence-corrected chi connectivity index (χ3v) is 3.39. The van der Waals surface area contributed by atoms with E-state index in [-0.39, 0.29) is 11.3 Å². The second-order valence-corrected chi connectivity index (χ2v) is 4.04. The number of aromatic carboxylic acids is 1. The maximum atomic E-state index is 11.1. The molecule has 0 aliphatic heterocycles. The molecule has 14 heavy (non-hydrogen) atoms. The fraction of sp³-hybridized carbons (Fsp3) is 0.200. The molecule has 1 aromatic rings. The van der Waals surface area contributed by atoms with Crippen molar-refractivity contribution in [2.75, 3.05) is 0 Å². The molecule has 0 heterocycles. The Morgan fingerprint density at radius 3 is 2.21 bits per heavy atom. The van der Waals surface area contributed by atoms with Gasteiger partial charge in [0.1, 0.15) is 0 Å². The van der Waals surface area contributed by atoms with Crippen LogP contribution in [0.4, 0.5) is 0 Å². The largest absolute Gasteiger partial charge is 0.478 e. The average Bonchev–Trinajstić information content (AvgIpc) is 2.08. The van der Waals surface area contributed by atoms with E-state index in [1.54, 1.807) is 13.0 Å². The second kappa shape index (κ2) is 4.08. The van der Waals surface area contributed by atoms with Gasteiger partial charge in [-0.2, -0.15) is 0 Å². The smallest absolute Gasteiger partial charge is 0.335 e. The summed E-state index contributed by atoms with van der Waals surface area (Å²) in [7, 11) is 0. The molecule has 0 saturated heterocycles. The van der Waals surface area contributed by atoms with Gasteiger partial charge in [-0.1, -0.05) is 0 Å². The van der Waals surface area contributed by atoms with Crippen molar-refractivity contribution in [3.05, 3.63) is 32.4 Å². The molecule has 0 bridgehead atoms. The van der Waals surface area contributed by atoms with Gasteiger partial charge < -0.3 is 5.11 Å². The summed E-state index contributed by atoms with van der Waals surface area (Å²) in [5.74, 6) is -1.01. The van der Waals surface area contributed by atoms with Crippen molar-refractivity contribution in [2.24, 2.45) is 0 Å². The summed E-state index contributed by atoms with van der Waals surface area (Å²) >= 11 is 1.99. The molecule has 3 nitrogen and oxygen atoms in total. The van der Waals surface area contributed by atoms with Crippen LogP contribution < -0.4 is 0 Å². The minimum absolute atomic E-state index is 0.0468. The van der Waals surface area contributed by atoms with Crippen molar-refractivity contribution in [3.8, 4) is 0 Å². The number of hydrogen-bond acceptors (Lipinski definition) is 2. The fourth-order valence-electron chi connectivity index (χ4n) is 1.19. The van der Waals surface area contributed by atoms with Gasteiger partial charge >= 0.3 is 5.97 Å². The lowest BCUT2D eigenvalue weighted by molar-refractivity contribution is 0.0695. The first-order chi connectivity index (χ1) is 6.45. The average molecular weight is 304 g/mol. The zero-order valence-corrected chi connectivity index (χ0v) is 9.95. The van der Waals surface area contributed by atoms with Crippen LogP contribution in [0.5, 0.6) is 0 Å². The van der Waals surface area contributed by atoms with E-state index in [1.165, 1.54) is 13.0 Å². The number of carboxylic acid groups (broad SMARTS) is 1. The minimum atomic E-state index is -0.962. The summed E-state index contributed by atoms with van der Waals surface area (Å²) in [6.45, 7) is 3.18. The van der Waals surface area contributed by atoms with Crippen molar-refractivity contribution in [3.63, 3.8) is 0 Å². The third kappa shape index (κ3) is 1.95. The summed E-state index contributed by atoms with van der Waals surface area (Å²) < 4.78 is 0.718.